The number of urea groups is 1. The molecule has 8 heteroatoms. The zero-order valence-corrected chi connectivity index (χ0v) is 12.9. The maximum atomic E-state index is 12.4. The molecule has 2 aromatic heterocycles. The summed E-state index contributed by atoms with van der Waals surface area (Å²) in [6.45, 7) is 4.68. The molecule has 0 radical (unpaired) electrons. The van der Waals surface area contributed by atoms with Crippen LogP contribution >= 0.6 is 0 Å². The van der Waals surface area contributed by atoms with Gasteiger partial charge < -0.3 is 19.5 Å². The second kappa shape index (κ2) is 7.10. The first-order chi connectivity index (χ1) is 11.2. The Morgan fingerprint density at radius 2 is 2.30 bits per heavy atom. The van der Waals surface area contributed by atoms with E-state index in [-0.39, 0.29) is 6.03 Å². The first-order valence-corrected chi connectivity index (χ1v) is 7.48. The third-order valence-electron chi connectivity index (χ3n) is 3.45. The molecule has 1 aliphatic rings. The fourth-order valence-corrected chi connectivity index (χ4v) is 2.29. The van der Waals surface area contributed by atoms with Gasteiger partial charge in [-0.2, -0.15) is 0 Å². The van der Waals surface area contributed by atoms with Crippen LogP contribution in [0.25, 0.3) is 0 Å². The lowest BCUT2D eigenvalue weighted by Gasteiger charge is -2.29. The first-order valence-electron chi connectivity index (χ1n) is 7.48. The number of hydrogen-bond acceptors (Lipinski definition) is 6. The van der Waals surface area contributed by atoms with E-state index in [0.717, 1.165) is 18.8 Å². The lowest BCUT2D eigenvalue weighted by atomic mass is 10.3. The quantitative estimate of drug-likeness (QED) is 0.820. The Labute approximate surface area is 133 Å². The van der Waals surface area contributed by atoms with Crippen LogP contribution in [0, 0.1) is 6.92 Å². The van der Waals surface area contributed by atoms with Crippen LogP contribution < -0.4 is 15.4 Å². The van der Waals surface area contributed by atoms with Gasteiger partial charge >= 0.3 is 6.03 Å². The summed E-state index contributed by atoms with van der Waals surface area (Å²) in [6.07, 6.45) is 2.47. The second-order valence-corrected chi connectivity index (χ2v) is 5.24. The van der Waals surface area contributed by atoms with Gasteiger partial charge in [0, 0.05) is 38.4 Å². The fraction of sp³-hybridized carbons (Fsp3) is 0.400. The molecule has 0 aliphatic carbocycles. The van der Waals surface area contributed by atoms with E-state index in [0.29, 0.717) is 24.6 Å². The van der Waals surface area contributed by atoms with Gasteiger partial charge in [-0.05, 0) is 19.1 Å². The van der Waals surface area contributed by atoms with Crippen LogP contribution in [0.3, 0.4) is 0 Å². The van der Waals surface area contributed by atoms with Crippen LogP contribution in [-0.4, -0.2) is 47.3 Å². The number of hydrogen-bond donors (Lipinski definition) is 2. The van der Waals surface area contributed by atoms with E-state index in [1.807, 2.05) is 6.92 Å². The van der Waals surface area contributed by atoms with Crippen molar-refractivity contribution in [3.8, 4) is 5.75 Å². The Morgan fingerprint density at radius 3 is 2.96 bits per heavy atom. The molecule has 3 heterocycles. The topological polar surface area (TPSA) is 92.5 Å². The average molecular weight is 317 g/mol. The second-order valence-electron chi connectivity index (χ2n) is 5.24. The van der Waals surface area contributed by atoms with Crippen molar-refractivity contribution < 1.29 is 14.1 Å². The van der Waals surface area contributed by atoms with Crippen molar-refractivity contribution in [2.45, 2.75) is 13.2 Å². The molecular weight excluding hydrogens is 298 g/mol. The van der Waals surface area contributed by atoms with Crippen LogP contribution in [0.4, 0.5) is 4.79 Å². The van der Waals surface area contributed by atoms with E-state index in [1.54, 1.807) is 35.5 Å². The third-order valence-corrected chi connectivity index (χ3v) is 3.45. The molecule has 0 bridgehead atoms. The van der Waals surface area contributed by atoms with Crippen LogP contribution in [0.15, 0.2) is 35.1 Å². The third kappa shape index (κ3) is 3.98. The van der Waals surface area contributed by atoms with Crippen molar-refractivity contribution in [2.75, 3.05) is 26.2 Å². The molecule has 0 saturated carbocycles. The predicted molar refractivity (Wildman–Crippen MR) is 81.8 cm³/mol. The standard InChI is InChI=1S/C15H19N5O3/c1-11-9-13(23-19-11)14(22-12-3-2-4-17-10-12)18-15(21)20-7-5-16-6-8-20/h2-4,9-10,14,16H,5-8H2,1H3,(H,18,21). The summed E-state index contributed by atoms with van der Waals surface area (Å²) in [6, 6.07) is 5.06. The Kier molecular flexibility index (Phi) is 4.72. The number of pyridine rings is 1. The summed E-state index contributed by atoms with van der Waals surface area (Å²) in [5.41, 5.74) is 0.719. The normalized spacial score (nSPS) is 16.0. The highest BCUT2D eigenvalue weighted by Gasteiger charge is 2.24. The van der Waals surface area contributed by atoms with Gasteiger partial charge in [0.1, 0.15) is 5.75 Å². The van der Waals surface area contributed by atoms with Gasteiger partial charge in [0.05, 0.1) is 11.9 Å². The van der Waals surface area contributed by atoms with Gasteiger partial charge in [0.15, 0.2) is 5.76 Å². The largest absolute Gasteiger partial charge is 0.461 e. The van der Waals surface area contributed by atoms with Crippen molar-refractivity contribution in [2.24, 2.45) is 0 Å². The molecule has 1 atom stereocenters. The molecule has 0 spiro atoms. The Balaban J connectivity index is 1.73. The highest BCUT2D eigenvalue weighted by molar-refractivity contribution is 5.74. The Morgan fingerprint density at radius 1 is 1.48 bits per heavy atom. The zero-order valence-electron chi connectivity index (χ0n) is 12.9. The molecule has 1 aliphatic heterocycles. The van der Waals surface area contributed by atoms with Crippen molar-refractivity contribution in [1.29, 1.82) is 0 Å². The maximum Gasteiger partial charge on any atom is 0.320 e. The van der Waals surface area contributed by atoms with Crippen molar-refractivity contribution in [3.05, 3.63) is 42.0 Å². The molecule has 1 saturated heterocycles. The summed E-state index contributed by atoms with van der Waals surface area (Å²) in [5, 5.41) is 9.90. The maximum absolute atomic E-state index is 12.4. The van der Waals surface area contributed by atoms with E-state index >= 15 is 0 Å². The van der Waals surface area contributed by atoms with Crippen molar-refractivity contribution in [1.82, 2.24) is 25.7 Å². The van der Waals surface area contributed by atoms with Crippen LogP contribution in [0.1, 0.15) is 17.7 Å². The number of aryl methyl sites for hydroxylation is 1. The number of rotatable bonds is 4. The van der Waals surface area contributed by atoms with E-state index in [2.05, 4.69) is 20.8 Å². The van der Waals surface area contributed by atoms with Gasteiger partial charge in [0.2, 0.25) is 6.23 Å². The molecule has 8 nitrogen and oxygen atoms in total. The number of carbonyl (C=O) groups excluding carboxylic acids is 1. The van der Waals surface area contributed by atoms with Gasteiger partial charge in [0.25, 0.3) is 0 Å². The summed E-state index contributed by atoms with van der Waals surface area (Å²) in [5.74, 6) is 0.974. The van der Waals surface area contributed by atoms with E-state index in [9.17, 15) is 4.79 Å². The van der Waals surface area contributed by atoms with Crippen molar-refractivity contribution >= 4 is 6.03 Å². The first kappa shape index (κ1) is 15.3. The number of nitrogens with one attached hydrogen (secondary N) is 2. The monoisotopic (exact) mass is 317 g/mol. The molecule has 1 fully saturated rings. The van der Waals surface area contributed by atoms with Gasteiger partial charge in [-0.15, -0.1) is 0 Å². The van der Waals surface area contributed by atoms with Gasteiger partial charge in [-0.25, -0.2) is 4.79 Å². The Bertz CT molecular complexity index is 640. The number of ether oxygens (including phenoxy) is 1. The van der Waals surface area contributed by atoms with E-state index in [4.69, 9.17) is 9.26 Å². The van der Waals surface area contributed by atoms with E-state index in [1.165, 1.54) is 0 Å². The molecule has 3 rings (SSSR count). The molecule has 0 aromatic carbocycles. The molecule has 122 valence electrons. The Hall–Kier alpha value is -2.61. The molecule has 1 unspecified atom stereocenters. The minimum atomic E-state index is -0.761. The highest BCUT2D eigenvalue weighted by Crippen LogP contribution is 2.20. The fourth-order valence-electron chi connectivity index (χ4n) is 2.29. The lowest BCUT2D eigenvalue weighted by Crippen LogP contribution is -2.51. The van der Waals surface area contributed by atoms with Crippen LogP contribution in [0.5, 0.6) is 5.75 Å². The predicted octanol–water partition coefficient (Wildman–Crippen LogP) is 1.07. The summed E-state index contributed by atoms with van der Waals surface area (Å²) in [4.78, 5) is 18.1. The molecular formula is C15H19N5O3. The van der Waals surface area contributed by atoms with Gasteiger partial charge in [-0.3, -0.25) is 10.3 Å². The van der Waals surface area contributed by atoms with Crippen molar-refractivity contribution in [3.63, 3.8) is 0 Å². The summed E-state index contributed by atoms with van der Waals surface area (Å²) in [7, 11) is 0. The summed E-state index contributed by atoms with van der Waals surface area (Å²) >= 11 is 0. The van der Waals surface area contributed by atoms with Crippen LogP contribution in [-0.2, 0) is 0 Å². The molecule has 2 amide bonds. The molecule has 2 aromatic rings. The number of aromatic nitrogens is 2. The lowest BCUT2D eigenvalue weighted by molar-refractivity contribution is 0.118. The summed E-state index contributed by atoms with van der Waals surface area (Å²) < 4.78 is 11.1. The zero-order chi connectivity index (χ0) is 16.1. The smallest absolute Gasteiger partial charge is 0.320 e. The SMILES string of the molecule is Cc1cc(C(NC(=O)N2CCNCC2)Oc2cccnc2)on1. The highest BCUT2D eigenvalue weighted by atomic mass is 16.5. The number of nitrogens with zero attached hydrogens (tertiary/aromatic N) is 3. The minimum Gasteiger partial charge on any atom is -0.461 e. The van der Waals surface area contributed by atoms with Gasteiger partial charge in [-0.1, -0.05) is 5.16 Å². The number of piperazine rings is 1. The van der Waals surface area contributed by atoms with E-state index < -0.39 is 6.23 Å². The molecule has 2 N–H and O–H groups in total. The van der Waals surface area contributed by atoms with Crippen LogP contribution in [0.2, 0.25) is 0 Å². The number of amides is 2. The molecule has 23 heavy (non-hydrogen) atoms. The number of carbonyl (C=O) groups is 1. The minimum absolute atomic E-state index is 0.200. The average Bonchev–Trinajstić information content (AvgIpc) is 3.02.